The average Bonchev–Trinajstić information content (AvgIpc) is 3.41. The number of β-amino-alcohol motifs (C(OH)–C–C–N with tert-alkyl or cyclic N) is 1. The Balaban J connectivity index is 1.69. The molecule has 0 bridgehead atoms. The Morgan fingerprint density at radius 2 is 2.07 bits per heavy atom. The number of halogens is 2. The Labute approximate surface area is 174 Å². The number of ether oxygens (including phenoxy) is 1. The lowest BCUT2D eigenvalue weighted by molar-refractivity contribution is 0.0447. The summed E-state index contributed by atoms with van der Waals surface area (Å²) in [5, 5.41) is 10.7. The minimum Gasteiger partial charge on any atom is -0.463 e. The molecule has 7 nitrogen and oxygen atoms in total. The van der Waals surface area contributed by atoms with Crippen LogP contribution in [0.1, 0.15) is 32.6 Å². The zero-order valence-corrected chi connectivity index (χ0v) is 17.8. The van der Waals surface area contributed by atoms with Crippen molar-refractivity contribution in [2.75, 3.05) is 45.2 Å². The van der Waals surface area contributed by atoms with E-state index in [-0.39, 0.29) is 22.1 Å². The SMILES string of the molecule is CN(C)CC1(COc2nc(N3CCC[C@@](C)(O)C3)c3cnc(Cl)c(F)c3n2)CC1. The predicted molar refractivity (Wildman–Crippen MR) is 110 cm³/mol. The Morgan fingerprint density at radius 1 is 1.31 bits per heavy atom. The summed E-state index contributed by atoms with van der Waals surface area (Å²) in [6.07, 6.45) is 5.18. The van der Waals surface area contributed by atoms with Crippen LogP contribution in [0.5, 0.6) is 6.01 Å². The van der Waals surface area contributed by atoms with Crippen molar-refractivity contribution in [1.29, 1.82) is 0 Å². The van der Waals surface area contributed by atoms with Gasteiger partial charge in [0.2, 0.25) is 0 Å². The van der Waals surface area contributed by atoms with E-state index in [0.717, 1.165) is 25.8 Å². The van der Waals surface area contributed by atoms with E-state index in [9.17, 15) is 9.50 Å². The molecule has 9 heteroatoms. The Kier molecular flexibility index (Phi) is 5.29. The van der Waals surface area contributed by atoms with Crippen LogP contribution < -0.4 is 9.64 Å². The summed E-state index contributed by atoms with van der Waals surface area (Å²) in [6.45, 7) is 4.30. The molecule has 1 aliphatic heterocycles. The highest BCUT2D eigenvalue weighted by atomic mass is 35.5. The van der Waals surface area contributed by atoms with Gasteiger partial charge in [-0.25, -0.2) is 9.37 Å². The molecule has 158 valence electrons. The zero-order chi connectivity index (χ0) is 20.8. The van der Waals surface area contributed by atoms with Gasteiger partial charge < -0.3 is 19.6 Å². The molecule has 1 aliphatic carbocycles. The lowest BCUT2D eigenvalue weighted by Gasteiger charge is -2.37. The number of hydrogen-bond donors (Lipinski definition) is 1. The highest BCUT2D eigenvalue weighted by Gasteiger charge is 2.44. The second-order valence-electron chi connectivity index (χ2n) is 9.00. The second kappa shape index (κ2) is 7.49. The van der Waals surface area contributed by atoms with Crippen molar-refractivity contribution in [2.24, 2.45) is 5.41 Å². The number of piperidine rings is 1. The first kappa shape index (κ1) is 20.5. The molecule has 0 aromatic carbocycles. The van der Waals surface area contributed by atoms with E-state index >= 15 is 0 Å². The molecule has 0 spiro atoms. The van der Waals surface area contributed by atoms with Crippen LogP contribution in [-0.2, 0) is 0 Å². The molecule has 2 aliphatic rings. The van der Waals surface area contributed by atoms with E-state index in [1.807, 2.05) is 19.0 Å². The summed E-state index contributed by atoms with van der Waals surface area (Å²) in [6, 6.07) is 0.129. The normalized spacial score (nSPS) is 23.6. The first-order valence-corrected chi connectivity index (χ1v) is 10.3. The van der Waals surface area contributed by atoms with Gasteiger partial charge in [-0.2, -0.15) is 9.97 Å². The van der Waals surface area contributed by atoms with Gasteiger partial charge in [-0.1, -0.05) is 11.6 Å². The summed E-state index contributed by atoms with van der Waals surface area (Å²) in [5.41, 5.74) is -0.642. The van der Waals surface area contributed by atoms with Crippen molar-refractivity contribution in [3.63, 3.8) is 0 Å². The van der Waals surface area contributed by atoms with E-state index in [2.05, 4.69) is 19.9 Å². The first-order chi connectivity index (χ1) is 13.7. The highest BCUT2D eigenvalue weighted by Crippen LogP contribution is 2.46. The molecule has 1 atom stereocenters. The number of fused-ring (bicyclic) bond motifs is 1. The van der Waals surface area contributed by atoms with Gasteiger partial charge in [0.15, 0.2) is 11.0 Å². The maximum Gasteiger partial charge on any atom is 0.319 e. The summed E-state index contributed by atoms with van der Waals surface area (Å²) in [4.78, 5) is 16.9. The van der Waals surface area contributed by atoms with Crippen LogP contribution in [-0.4, -0.2) is 70.9 Å². The van der Waals surface area contributed by atoms with Crippen LogP contribution in [0, 0.1) is 11.2 Å². The molecule has 0 amide bonds. The molecule has 3 heterocycles. The van der Waals surface area contributed by atoms with Crippen LogP contribution >= 0.6 is 11.6 Å². The molecule has 4 rings (SSSR count). The maximum atomic E-state index is 14.7. The van der Waals surface area contributed by atoms with Crippen LogP contribution in [0.15, 0.2) is 6.20 Å². The van der Waals surface area contributed by atoms with E-state index in [1.54, 1.807) is 6.92 Å². The molecular weight excluding hydrogens is 397 g/mol. The lowest BCUT2D eigenvalue weighted by atomic mass is 9.95. The molecule has 2 fully saturated rings. The third kappa shape index (κ3) is 4.39. The molecule has 1 saturated heterocycles. The van der Waals surface area contributed by atoms with Crippen LogP contribution in [0.2, 0.25) is 5.15 Å². The van der Waals surface area contributed by atoms with Gasteiger partial charge in [0.25, 0.3) is 0 Å². The van der Waals surface area contributed by atoms with Crippen molar-refractivity contribution in [3.8, 4) is 6.01 Å². The van der Waals surface area contributed by atoms with Crippen LogP contribution in [0.25, 0.3) is 10.9 Å². The van der Waals surface area contributed by atoms with Crippen molar-refractivity contribution < 1.29 is 14.2 Å². The smallest absolute Gasteiger partial charge is 0.319 e. The number of anilines is 1. The van der Waals surface area contributed by atoms with Gasteiger partial charge in [-0.3, -0.25) is 0 Å². The molecule has 29 heavy (non-hydrogen) atoms. The number of aliphatic hydroxyl groups is 1. The van der Waals surface area contributed by atoms with E-state index < -0.39 is 11.4 Å². The number of hydrogen-bond acceptors (Lipinski definition) is 7. The fourth-order valence-electron chi connectivity index (χ4n) is 4.12. The van der Waals surface area contributed by atoms with Gasteiger partial charge in [0.1, 0.15) is 11.3 Å². The number of rotatable bonds is 6. The van der Waals surface area contributed by atoms with Gasteiger partial charge in [-0.05, 0) is 46.7 Å². The topological polar surface area (TPSA) is 74.6 Å². The zero-order valence-electron chi connectivity index (χ0n) is 17.1. The van der Waals surface area contributed by atoms with Gasteiger partial charge >= 0.3 is 6.01 Å². The molecular formula is C20H27ClFN5O2. The largest absolute Gasteiger partial charge is 0.463 e. The molecule has 2 aromatic heterocycles. The fourth-order valence-corrected chi connectivity index (χ4v) is 4.26. The third-order valence-corrected chi connectivity index (χ3v) is 5.96. The van der Waals surface area contributed by atoms with Crippen molar-refractivity contribution in [1.82, 2.24) is 19.9 Å². The predicted octanol–water partition coefficient (Wildman–Crippen LogP) is 2.89. The minimum absolute atomic E-state index is 0.0904. The molecule has 0 radical (unpaired) electrons. The van der Waals surface area contributed by atoms with Crippen molar-refractivity contribution in [3.05, 3.63) is 17.2 Å². The quantitative estimate of drug-likeness (QED) is 0.716. The van der Waals surface area contributed by atoms with E-state index in [1.165, 1.54) is 6.20 Å². The average molecular weight is 424 g/mol. The monoisotopic (exact) mass is 423 g/mol. The van der Waals surface area contributed by atoms with E-state index in [0.29, 0.717) is 37.3 Å². The van der Waals surface area contributed by atoms with Gasteiger partial charge in [0.05, 0.1) is 17.6 Å². The van der Waals surface area contributed by atoms with Crippen LogP contribution in [0.4, 0.5) is 10.2 Å². The van der Waals surface area contributed by atoms with Crippen LogP contribution in [0.3, 0.4) is 0 Å². The standard InChI is InChI=1S/C20H27ClFN5O2/c1-19(28)5-4-8-27(10-19)17-13-9-23-16(21)14(22)15(13)24-18(25-17)29-12-20(6-7-20)11-26(2)3/h9,28H,4-8,10-12H2,1-3H3/t19-/m1/s1. The third-order valence-electron chi connectivity index (χ3n) is 5.69. The summed E-state index contributed by atoms with van der Waals surface area (Å²) < 4.78 is 20.7. The van der Waals surface area contributed by atoms with Gasteiger partial charge in [0, 0.05) is 31.2 Å². The number of pyridine rings is 1. The molecule has 1 saturated carbocycles. The summed E-state index contributed by atoms with van der Waals surface area (Å²) in [7, 11) is 4.08. The highest BCUT2D eigenvalue weighted by molar-refractivity contribution is 6.30. The minimum atomic E-state index is -0.835. The molecule has 2 aromatic rings. The number of aromatic nitrogens is 3. The Hall–Kier alpha value is -1.77. The van der Waals surface area contributed by atoms with Crippen molar-refractivity contribution >= 4 is 28.3 Å². The fraction of sp³-hybridized carbons (Fsp3) is 0.650. The van der Waals surface area contributed by atoms with E-state index in [4.69, 9.17) is 16.3 Å². The maximum absolute atomic E-state index is 14.7. The Bertz CT molecular complexity index is 919. The Morgan fingerprint density at radius 3 is 2.72 bits per heavy atom. The van der Waals surface area contributed by atoms with Crippen molar-refractivity contribution in [2.45, 2.75) is 38.2 Å². The first-order valence-electron chi connectivity index (χ1n) is 9.95. The summed E-state index contributed by atoms with van der Waals surface area (Å²) in [5.74, 6) is -0.165. The van der Waals surface area contributed by atoms with Gasteiger partial charge in [-0.15, -0.1) is 0 Å². The summed E-state index contributed by atoms with van der Waals surface area (Å²) >= 11 is 5.89. The number of nitrogens with zero attached hydrogens (tertiary/aromatic N) is 5. The molecule has 1 N–H and O–H groups in total. The second-order valence-corrected chi connectivity index (χ2v) is 9.36. The lowest BCUT2D eigenvalue weighted by Crippen LogP contribution is -2.46. The molecule has 0 unspecified atom stereocenters.